The maximum atomic E-state index is 15.8. The van der Waals surface area contributed by atoms with E-state index in [1.54, 1.807) is 0 Å². The van der Waals surface area contributed by atoms with Gasteiger partial charge in [-0.25, -0.2) is 32.9 Å². The number of rotatable bonds is 10. The van der Waals surface area contributed by atoms with Gasteiger partial charge in [-0.05, 0) is 0 Å². The van der Waals surface area contributed by atoms with Crippen LogP contribution in [0.25, 0.3) is 22.3 Å². The average Bonchev–Trinajstić information content (AvgIpc) is 3.72. The number of nitrogens with zero attached hydrogens (tertiary/aromatic N) is 7. The first-order valence-electron chi connectivity index (χ1n) is 12.6. The molecule has 0 aliphatic carbocycles. The van der Waals surface area contributed by atoms with E-state index in [0.717, 1.165) is 10.9 Å². The van der Waals surface area contributed by atoms with Crippen LogP contribution < -0.4 is 21.7 Å². The molecule has 1 unspecified atom stereocenters. The van der Waals surface area contributed by atoms with Crippen LogP contribution in [0.2, 0.25) is 0 Å². The molecule has 0 amide bonds. The minimum atomic E-state index is -4.77. The molecule has 236 valence electrons. The highest BCUT2D eigenvalue weighted by molar-refractivity contribution is 7.84. The predicted molar refractivity (Wildman–Crippen MR) is 142 cm³/mol. The molecule has 2 fully saturated rings. The topological polar surface area (TPSA) is 280 Å². The zero-order chi connectivity index (χ0) is 31.3. The third kappa shape index (κ3) is 5.70. The Morgan fingerprint density at radius 3 is 2.59 bits per heavy atom. The number of nitrogens with one attached hydrogen (secondary N) is 2. The van der Waals surface area contributed by atoms with Gasteiger partial charge in [0, 0.05) is 17.5 Å². The Morgan fingerprint density at radius 1 is 1.11 bits per heavy atom. The number of anilines is 2. The first-order chi connectivity index (χ1) is 20.9. The van der Waals surface area contributed by atoms with Gasteiger partial charge in [0.1, 0.15) is 36.8 Å². The van der Waals surface area contributed by atoms with Gasteiger partial charge in [0.05, 0.1) is 18.8 Å². The maximum absolute atomic E-state index is 15.8. The number of ether oxygens (including phenoxy) is 2. The van der Waals surface area contributed by atoms with Crippen molar-refractivity contribution < 1.29 is 44.8 Å². The van der Waals surface area contributed by atoms with E-state index >= 15 is 4.39 Å². The highest BCUT2D eigenvalue weighted by Crippen LogP contribution is 2.37. The Kier molecular flexibility index (Phi) is 7.96. The van der Waals surface area contributed by atoms with E-state index in [1.165, 1.54) is 17.2 Å². The third-order valence-electron chi connectivity index (χ3n) is 6.86. The first-order valence-corrected chi connectivity index (χ1v) is 15.2. The van der Waals surface area contributed by atoms with Crippen LogP contribution in [0.15, 0.2) is 23.8 Å². The average molecular weight is 663 g/mol. The van der Waals surface area contributed by atoms with Crippen LogP contribution in [-0.4, -0.2) is 96.2 Å². The van der Waals surface area contributed by atoms with Gasteiger partial charge < -0.3 is 20.9 Å². The van der Waals surface area contributed by atoms with Crippen molar-refractivity contribution in [3.63, 3.8) is 0 Å². The number of hydrogen-bond donors (Lipinski definition) is 5. The fraction of sp³-hybridized carbons (Fsp3) is 0.500. The molecule has 20 nitrogen and oxygen atoms in total. The second kappa shape index (κ2) is 11.6. The molecule has 0 radical (unpaired) electrons. The van der Waals surface area contributed by atoms with Crippen LogP contribution in [0.1, 0.15) is 18.9 Å². The molecule has 0 spiro atoms. The summed E-state index contributed by atoms with van der Waals surface area (Å²) in [5.74, 6) is -0.224. The number of imidazole rings is 2. The first kappa shape index (κ1) is 30.2. The number of aromatic nitrogens is 8. The molecule has 6 heterocycles. The molecule has 8 atom stereocenters. The van der Waals surface area contributed by atoms with Crippen molar-refractivity contribution in [2.24, 2.45) is 0 Å². The molecule has 0 bridgehead atoms. The Balaban J connectivity index is 1.16. The fourth-order valence-corrected chi connectivity index (χ4v) is 6.20. The molecular weight excluding hydrogens is 639 g/mol. The Morgan fingerprint density at radius 2 is 1.84 bits per heavy atom. The smallest absolute Gasteiger partial charge is 0.382 e. The maximum Gasteiger partial charge on any atom is 0.694 e. The van der Waals surface area contributed by atoms with Gasteiger partial charge in [0.2, 0.25) is 5.95 Å². The molecule has 44 heavy (non-hydrogen) atoms. The summed E-state index contributed by atoms with van der Waals surface area (Å²) in [6, 6.07) is 0. The lowest BCUT2D eigenvalue weighted by Crippen LogP contribution is -2.41. The van der Waals surface area contributed by atoms with E-state index in [1.807, 2.05) is 0 Å². The molecule has 6 rings (SSSR count). The van der Waals surface area contributed by atoms with Crippen LogP contribution >= 0.6 is 8.25 Å². The molecule has 4 aromatic heterocycles. The summed E-state index contributed by atoms with van der Waals surface area (Å²) < 4.78 is 93.0. The van der Waals surface area contributed by atoms with Crippen molar-refractivity contribution in [2.75, 3.05) is 24.6 Å². The molecule has 0 aromatic carbocycles. The van der Waals surface area contributed by atoms with Crippen LogP contribution in [0.3, 0.4) is 0 Å². The van der Waals surface area contributed by atoms with Gasteiger partial charge in [-0.15, -0.1) is 9.42 Å². The summed E-state index contributed by atoms with van der Waals surface area (Å²) in [5, 5.41) is 0. The highest BCUT2D eigenvalue weighted by atomic mass is 32.2. The van der Waals surface area contributed by atoms with Gasteiger partial charge in [0.25, 0.3) is 5.56 Å². The van der Waals surface area contributed by atoms with E-state index in [0.29, 0.717) is 0 Å². The van der Waals surface area contributed by atoms with E-state index in [-0.39, 0.29) is 40.5 Å². The van der Waals surface area contributed by atoms with E-state index in [9.17, 15) is 22.2 Å². The molecule has 2 saturated heterocycles. The van der Waals surface area contributed by atoms with Crippen molar-refractivity contribution in [3.8, 4) is 0 Å². The molecule has 2 aliphatic rings. The molecular formula is C20H23F2N11O9PS+. The molecule has 4 aromatic rings. The van der Waals surface area contributed by atoms with Crippen LogP contribution in [0.5, 0.6) is 0 Å². The summed E-state index contributed by atoms with van der Waals surface area (Å²) in [7, 11) is -7.94. The van der Waals surface area contributed by atoms with E-state index in [2.05, 4.69) is 39.1 Å². The van der Waals surface area contributed by atoms with Crippen molar-refractivity contribution >= 4 is 52.7 Å². The van der Waals surface area contributed by atoms with Crippen molar-refractivity contribution in [3.05, 3.63) is 29.3 Å². The van der Waals surface area contributed by atoms with Gasteiger partial charge in [-0.2, -0.15) is 18.1 Å². The highest BCUT2D eigenvalue weighted by Gasteiger charge is 2.51. The van der Waals surface area contributed by atoms with Crippen LogP contribution in [0, 0.1) is 0 Å². The van der Waals surface area contributed by atoms with Gasteiger partial charge in [0.15, 0.2) is 41.3 Å². The Hall–Kier alpha value is -3.83. The molecule has 2 aliphatic heterocycles. The monoisotopic (exact) mass is 662 g/mol. The Labute approximate surface area is 244 Å². The molecule has 7 N–H and O–H groups in total. The van der Waals surface area contributed by atoms with Crippen molar-refractivity contribution in [1.29, 1.82) is 0 Å². The second-order valence-corrected chi connectivity index (χ2v) is 11.8. The SMILES string of the molecule is Nc1nc2c(ncn2[C@@H]2O[C@H](CO[P+](=O)O)[C@@H](OS(=O)(=O)NC[C@@H]3C[C@@H](F)[C@H](n4cnc5c(N)ncnc54)O3)[C@@H]2F)c(=O)[nH]1. The number of hydrogen-bond acceptors (Lipinski definition) is 15. The number of halogens is 2. The third-order valence-corrected chi connectivity index (χ3v) is 8.22. The summed E-state index contributed by atoms with van der Waals surface area (Å²) in [5.41, 5.74) is 10.7. The summed E-state index contributed by atoms with van der Waals surface area (Å²) in [6.07, 6.45) is -7.91. The second-order valence-electron chi connectivity index (χ2n) is 9.67. The normalized spacial score (nSPS) is 27.9. The number of nitrogens with two attached hydrogens (primary N) is 2. The summed E-state index contributed by atoms with van der Waals surface area (Å²) >= 11 is 0. The van der Waals surface area contributed by atoms with Gasteiger partial charge in [-0.3, -0.25) is 18.9 Å². The Bertz CT molecular complexity index is 1890. The quantitative estimate of drug-likeness (QED) is 0.126. The van der Waals surface area contributed by atoms with Crippen LogP contribution in [0.4, 0.5) is 20.5 Å². The van der Waals surface area contributed by atoms with Gasteiger partial charge in [-0.1, -0.05) is 0 Å². The lowest BCUT2D eigenvalue weighted by molar-refractivity contribution is -0.0390. The largest absolute Gasteiger partial charge is 0.694 e. The van der Waals surface area contributed by atoms with E-state index < -0.39 is 80.4 Å². The minimum Gasteiger partial charge on any atom is -0.382 e. The van der Waals surface area contributed by atoms with Gasteiger partial charge >= 0.3 is 18.6 Å². The molecule has 0 saturated carbocycles. The lowest BCUT2D eigenvalue weighted by Gasteiger charge is -2.19. The zero-order valence-corrected chi connectivity index (χ0v) is 23.7. The number of aromatic amines is 1. The van der Waals surface area contributed by atoms with Crippen molar-refractivity contribution in [2.45, 2.75) is 49.5 Å². The predicted octanol–water partition coefficient (Wildman–Crippen LogP) is -1.13. The minimum absolute atomic E-state index is 0.0812. The zero-order valence-electron chi connectivity index (χ0n) is 22.0. The fourth-order valence-electron chi connectivity index (χ4n) is 4.94. The number of alkyl halides is 2. The molecule has 24 heteroatoms. The van der Waals surface area contributed by atoms with Crippen LogP contribution in [-0.2, 0) is 33.0 Å². The number of nitrogen functional groups attached to an aromatic ring is 2. The van der Waals surface area contributed by atoms with E-state index in [4.69, 9.17) is 30.0 Å². The number of H-pyrrole nitrogens is 1. The number of fused-ring (bicyclic) bond motifs is 2. The summed E-state index contributed by atoms with van der Waals surface area (Å²) in [4.78, 5) is 43.1. The summed E-state index contributed by atoms with van der Waals surface area (Å²) in [6.45, 7) is -1.23. The standard InChI is InChI=1S/C20H22F2N11O9PS/c21-8-1-7(40-18(8)32-5-27-11-14(23)25-4-26-15(11)32)2-29-44(37,38)42-13-9(3-39-43(35)36)41-19(10(13)22)33-6-28-12-16(33)30-20(24)31-17(12)34/h4-10,13,18-19,29H,1-3H2,(H5-,23,24,25,26,30,31,34,35,36)/p+1/t7-,8+,9+,10-,13+,18+,19+/m0/s1. The lowest BCUT2D eigenvalue weighted by atomic mass is 10.1. The van der Waals surface area contributed by atoms with Crippen molar-refractivity contribution in [1.82, 2.24) is 43.8 Å².